The summed E-state index contributed by atoms with van der Waals surface area (Å²) in [4.78, 5) is 22.5. The van der Waals surface area contributed by atoms with Crippen molar-refractivity contribution in [2.24, 2.45) is 0 Å². The third kappa shape index (κ3) is 3.35. The van der Waals surface area contributed by atoms with E-state index in [0.717, 1.165) is 11.4 Å². The smallest absolute Gasteiger partial charge is 0.257 e. The lowest BCUT2D eigenvalue weighted by atomic mass is 10.2. The van der Waals surface area contributed by atoms with E-state index >= 15 is 0 Å². The third-order valence-corrected chi connectivity index (χ3v) is 4.10. The Hall–Kier alpha value is -3.22. The lowest BCUT2D eigenvalue weighted by Gasteiger charge is -2.23. The highest BCUT2D eigenvalue weighted by molar-refractivity contribution is 5.93. The second-order valence-electron chi connectivity index (χ2n) is 5.57. The van der Waals surface area contributed by atoms with Gasteiger partial charge in [-0.15, -0.1) is 0 Å². The molecule has 0 saturated carbocycles. The molecule has 2 heterocycles. The van der Waals surface area contributed by atoms with Gasteiger partial charge in [-0.2, -0.15) is 5.10 Å². The van der Waals surface area contributed by atoms with Crippen LogP contribution < -0.4 is 4.74 Å². The van der Waals surface area contributed by atoms with Crippen LogP contribution in [0.2, 0.25) is 0 Å². The number of benzene rings is 1. The summed E-state index contributed by atoms with van der Waals surface area (Å²) < 4.78 is 6.98. The topological polar surface area (TPSA) is 73.1 Å². The number of nitrogens with zero attached hydrogens (tertiary/aromatic N) is 5. The molecular formula is C18H19N5O2. The summed E-state index contributed by atoms with van der Waals surface area (Å²) in [6.07, 6.45) is 6.39. The van der Waals surface area contributed by atoms with E-state index in [0.29, 0.717) is 11.3 Å². The molecule has 3 aromatic rings. The average molecular weight is 337 g/mol. The number of hydrogen-bond acceptors (Lipinski definition) is 5. The maximum absolute atomic E-state index is 12.8. The van der Waals surface area contributed by atoms with Crippen molar-refractivity contribution in [3.05, 3.63) is 66.5 Å². The van der Waals surface area contributed by atoms with Crippen molar-refractivity contribution in [2.45, 2.75) is 13.0 Å². The van der Waals surface area contributed by atoms with Gasteiger partial charge in [-0.1, -0.05) is 12.1 Å². The van der Waals surface area contributed by atoms with Crippen LogP contribution in [0.4, 0.5) is 0 Å². The van der Waals surface area contributed by atoms with Gasteiger partial charge >= 0.3 is 0 Å². The molecule has 0 fully saturated rings. The highest BCUT2D eigenvalue weighted by Gasteiger charge is 2.21. The van der Waals surface area contributed by atoms with E-state index in [4.69, 9.17) is 4.74 Å². The summed E-state index contributed by atoms with van der Waals surface area (Å²) >= 11 is 0. The Labute approximate surface area is 145 Å². The van der Waals surface area contributed by atoms with Crippen LogP contribution in [0.3, 0.4) is 0 Å². The number of amides is 1. The minimum absolute atomic E-state index is 0.132. The zero-order valence-electron chi connectivity index (χ0n) is 14.3. The number of carbonyl (C=O) groups is 1. The first-order valence-corrected chi connectivity index (χ1v) is 7.83. The van der Waals surface area contributed by atoms with Gasteiger partial charge in [-0.25, -0.2) is 14.6 Å². The molecule has 1 atom stereocenters. The van der Waals surface area contributed by atoms with Crippen LogP contribution in [0, 0.1) is 0 Å². The summed E-state index contributed by atoms with van der Waals surface area (Å²) in [7, 11) is 3.35. The number of hydrogen-bond donors (Lipinski definition) is 0. The third-order valence-electron chi connectivity index (χ3n) is 4.10. The summed E-state index contributed by atoms with van der Waals surface area (Å²) in [6, 6.07) is 9.13. The zero-order valence-corrected chi connectivity index (χ0v) is 14.3. The first-order chi connectivity index (χ1) is 12.1. The molecule has 0 radical (unpaired) electrons. The first kappa shape index (κ1) is 16.6. The zero-order chi connectivity index (χ0) is 17.8. The van der Waals surface area contributed by atoms with E-state index in [9.17, 15) is 4.79 Å². The van der Waals surface area contributed by atoms with Crippen molar-refractivity contribution >= 4 is 5.91 Å². The molecule has 0 aliphatic carbocycles. The Morgan fingerprint density at radius 2 is 2.08 bits per heavy atom. The van der Waals surface area contributed by atoms with Crippen molar-refractivity contribution in [1.29, 1.82) is 0 Å². The summed E-state index contributed by atoms with van der Waals surface area (Å²) in [5, 5.41) is 4.29. The van der Waals surface area contributed by atoms with Crippen LogP contribution in [0.1, 0.15) is 29.0 Å². The van der Waals surface area contributed by atoms with Gasteiger partial charge in [0.05, 0.1) is 30.6 Å². The van der Waals surface area contributed by atoms with Crippen LogP contribution in [0.5, 0.6) is 5.75 Å². The second-order valence-corrected chi connectivity index (χ2v) is 5.57. The molecule has 0 saturated heterocycles. The Bertz CT molecular complexity index is 863. The fraction of sp³-hybridized carbons (Fsp3) is 0.222. The van der Waals surface area contributed by atoms with Crippen LogP contribution in [-0.4, -0.2) is 44.7 Å². The summed E-state index contributed by atoms with van der Waals surface area (Å²) in [6.45, 7) is 1.92. The van der Waals surface area contributed by atoms with E-state index in [-0.39, 0.29) is 11.9 Å². The van der Waals surface area contributed by atoms with E-state index < -0.39 is 0 Å². The van der Waals surface area contributed by atoms with Gasteiger partial charge in [0.25, 0.3) is 5.91 Å². The van der Waals surface area contributed by atoms with Gasteiger partial charge in [0.2, 0.25) is 0 Å². The number of methoxy groups -OCH3 is 1. The van der Waals surface area contributed by atoms with Crippen molar-refractivity contribution in [3.63, 3.8) is 0 Å². The number of para-hydroxylation sites is 2. The van der Waals surface area contributed by atoms with Crippen molar-refractivity contribution in [1.82, 2.24) is 24.6 Å². The fourth-order valence-corrected chi connectivity index (χ4v) is 2.51. The molecule has 0 aliphatic rings. The predicted octanol–water partition coefficient (Wildman–Crippen LogP) is 2.50. The molecule has 1 unspecified atom stereocenters. The number of ether oxygens (including phenoxy) is 1. The Kier molecular flexibility index (Phi) is 4.74. The summed E-state index contributed by atoms with van der Waals surface area (Å²) in [5.41, 5.74) is 2.05. The second kappa shape index (κ2) is 7.12. The number of aromatic nitrogens is 4. The highest BCUT2D eigenvalue weighted by atomic mass is 16.5. The lowest BCUT2D eigenvalue weighted by Crippen LogP contribution is -2.29. The molecule has 3 rings (SSSR count). The molecule has 128 valence electrons. The average Bonchev–Trinajstić information content (AvgIpc) is 3.16. The molecule has 0 bridgehead atoms. The Balaban J connectivity index is 1.83. The highest BCUT2D eigenvalue weighted by Crippen LogP contribution is 2.23. The molecular weight excluding hydrogens is 318 g/mol. The molecule has 7 heteroatoms. The first-order valence-electron chi connectivity index (χ1n) is 7.83. The van der Waals surface area contributed by atoms with Crippen LogP contribution in [0.25, 0.3) is 5.69 Å². The fourth-order valence-electron chi connectivity index (χ4n) is 2.51. The van der Waals surface area contributed by atoms with Gasteiger partial charge < -0.3 is 9.64 Å². The maximum atomic E-state index is 12.8. The van der Waals surface area contributed by atoms with Gasteiger partial charge in [-0.05, 0) is 25.1 Å². The molecule has 0 spiro atoms. The van der Waals surface area contributed by atoms with Crippen LogP contribution in [0.15, 0.2) is 55.2 Å². The SMILES string of the molecule is COc1ccccc1-n1cc(C(=O)N(C)C(C)c2ccncn2)cn1. The molecule has 25 heavy (non-hydrogen) atoms. The maximum Gasteiger partial charge on any atom is 0.257 e. The van der Waals surface area contributed by atoms with Crippen molar-refractivity contribution < 1.29 is 9.53 Å². The van der Waals surface area contributed by atoms with Gasteiger partial charge in [0.15, 0.2) is 0 Å². The minimum atomic E-state index is -0.176. The molecule has 1 aromatic carbocycles. The van der Waals surface area contributed by atoms with E-state index in [1.54, 1.807) is 48.4 Å². The lowest BCUT2D eigenvalue weighted by molar-refractivity contribution is 0.0739. The molecule has 2 aromatic heterocycles. The van der Waals surface area contributed by atoms with Gasteiger partial charge in [0, 0.05) is 19.4 Å². The molecule has 1 amide bonds. The number of carbonyl (C=O) groups excluding carboxylic acids is 1. The normalized spacial score (nSPS) is 11.8. The predicted molar refractivity (Wildman–Crippen MR) is 92.7 cm³/mol. The van der Waals surface area contributed by atoms with Crippen LogP contribution >= 0.6 is 0 Å². The summed E-state index contributed by atoms with van der Waals surface area (Å²) in [5.74, 6) is 0.555. The monoisotopic (exact) mass is 337 g/mol. The van der Waals surface area contributed by atoms with Gasteiger partial charge in [0.1, 0.15) is 17.8 Å². The molecule has 0 N–H and O–H groups in total. The minimum Gasteiger partial charge on any atom is -0.494 e. The largest absolute Gasteiger partial charge is 0.494 e. The Morgan fingerprint density at radius 3 is 2.80 bits per heavy atom. The van der Waals surface area contributed by atoms with Crippen molar-refractivity contribution in [2.75, 3.05) is 14.2 Å². The number of rotatable bonds is 5. The van der Waals surface area contributed by atoms with Crippen molar-refractivity contribution in [3.8, 4) is 11.4 Å². The van der Waals surface area contributed by atoms with Gasteiger partial charge in [-0.3, -0.25) is 4.79 Å². The van der Waals surface area contributed by atoms with E-state index in [1.165, 1.54) is 6.33 Å². The van der Waals surface area contributed by atoms with E-state index in [1.807, 2.05) is 31.2 Å². The molecule has 0 aliphatic heterocycles. The quantitative estimate of drug-likeness (QED) is 0.715. The Morgan fingerprint density at radius 1 is 1.28 bits per heavy atom. The van der Waals surface area contributed by atoms with Crippen LogP contribution in [-0.2, 0) is 0 Å². The molecule has 7 nitrogen and oxygen atoms in total. The standard InChI is InChI=1S/C18H19N5O2/c1-13(15-8-9-19-12-20-15)22(2)18(24)14-10-21-23(11-14)16-6-4-5-7-17(16)25-3/h4-13H,1-3H3. The van der Waals surface area contributed by atoms with E-state index in [2.05, 4.69) is 15.1 Å².